The standard InChI is InChI=1S/C14H19N3O/c1-6-11-8-13(18)16(9-11)12-7-10(2)15-17(12)14(3,4)5/h1,7,11H,8-9H2,2-5H3. The molecule has 1 saturated heterocycles. The molecular weight excluding hydrogens is 226 g/mol. The molecule has 0 aliphatic carbocycles. The third kappa shape index (κ3) is 2.13. The predicted molar refractivity (Wildman–Crippen MR) is 71.3 cm³/mol. The van der Waals surface area contributed by atoms with E-state index in [1.54, 1.807) is 4.90 Å². The summed E-state index contributed by atoms with van der Waals surface area (Å²) in [5, 5.41) is 4.48. The second kappa shape index (κ2) is 4.16. The van der Waals surface area contributed by atoms with Crippen LogP contribution in [0.3, 0.4) is 0 Å². The summed E-state index contributed by atoms with van der Waals surface area (Å²) in [7, 11) is 0. The molecule has 18 heavy (non-hydrogen) atoms. The molecule has 0 aromatic carbocycles. The summed E-state index contributed by atoms with van der Waals surface area (Å²) in [6, 6.07) is 1.95. The summed E-state index contributed by atoms with van der Waals surface area (Å²) in [4.78, 5) is 13.8. The van der Waals surface area contributed by atoms with Crippen LogP contribution in [0.25, 0.3) is 0 Å². The van der Waals surface area contributed by atoms with E-state index in [1.807, 2.05) is 17.7 Å². The van der Waals surface area contributed by atoms with E-state index in [4.69, 9.17) is 6.42 Å². The van der Waals surface area contributed by atoms with Crippen molar-refractivity contribution in [3.8, 4) is 12.3 Å². The molecule has 1 fully saturated rings. The fraction of sp³-hybridized carbons (Fsp3) is 0.571. The number of aromatic nitrogens is 2. The highest BCUT2D eigenvalue weighted by molar-refractivity contribution is 5.95. The van der Waals surface area contributed by atoms with Gasteiger partial charge in [0.1, 0.15) is 5.82 Å². The zero-order valence-corrected chi connectivity index (χ0v) is 11.4. The van der Waals surface area contributed by atoms with Gasteiger partial charge in [-0.05, 0) is 27.7 Å². The number of hydrogen-bond acceptors (Lipinski definition) is 2. The largest absolute Gasteiger partial charge is 0.296 e. The molecule has 0 spiro atoms. The second-order valence-electron chi connectivity index (χ2n) is 5.80. The maximum Gasteiger partial charge on any atom is 0.229 e. The molecular formula is C14H19N3O. The third-order valence-corrected chi connectivity index (χ3v) is 3.09. The van der Waals surface area contributed by atoms with Crippen molar-refractivity contribution in [3.63, 3.8) is 0 Å². The van der Waals surface area contributed by atoms with Gasteiger partial charge in [-0.3, -0.25) is 9.69 Å². The molecule has 1 amide bonds. The first-order valence-corrected chi connectivity index (χ1v) is 6.16. The molecule has 2 rings (SSSR count). The van der Waals surface area contributed by atoms with Gasteiger partial charge in [-0.25, -0.2) is 4.68 Å². The second-order valence-corrected chi connectivity index (χ2v) is 5.80. The number of nitrogens with zero attached hydrogens (tertiary/aromatic N) is 3. The Hall–Kier alpha value is -1.76. The number of aryl methyl sites for hydroxylation is 1. The fourth-order valence-electron chi connectivity index (χ4n) is 2.21. The lowest BCUT2D eigenvalue weighted by Gasteiger charge is -2.26. The number of carbonyl (C=O) groups is 1. The smallest absolute Gasteiger partial charge is 0.229 e. The summed E-state index contributed by atoms with van der Waals surface area (Å²) in [5.41, 5.74) is 0.759. The van der Waals surface area contributed by atoms with Gasteiger partial charge in [-0.1, -0.05) is 0 Å². The molecule has 1 aromatic heterocycles. The lowest BCUT2D eigenvalue weighted by Crippen LogP contribution is -2.32. The maximum atomic E-state index is 12.0. The minimum Gasteiger partial charge on any atom is -0.296 e. The molecule has 0 saturated carbocycles. The quantitative estimate of drug-likeness (QED) is 0.709. The first-order chi connectivity index (χ1) is 8.32. The van der Waals surface area contributed by atoms with Gasteiger partial charge in [0.2, 0.25) is 5.91 Å². The average Bonchev–Trinajstić information content (AvgIpc) is 2.80. The van der Waals surface area contributed by atoms with Gasteiger partial charge in [-0.2, -0.15) is 5.10 Å². The number of rotatable bonds is 1. The van der Waals surface area contributed by atoms with Crippen LogP contribution in [-0.4, -0.2) is 22.2 Å². The van der Waals surface area contributed by atoms with Crippen LogP contribution >= 0.6 is 0 Å². The Labute approximate surface area is 108 Å². The maximum absolute atomic E-state index is 12.0. The Morgan fingerprint density at radius 3 is 2.67 bits per heavy atom. The van der Waals surface area contributed by atoms with Gasteiger partial charge < -0.3 is 0 Å². The lowest BCUT2D eigenvalue weighted by molar-refractivity contribution is -0.117. The molecule has 0 N–H and O–H groups in total. The highest BCUT2D eigenvalue weighted by Crippen LogP contribution is 2.29. The van der Waals surface area contributed by atoms with Gasteiger partial charge in [0, 0.05) is 24.9 Å². The minimum atomic E-state index is -0.155. The zero-order valence-electron chi connectivity index (χ0n) is 11.4. The summed E-state index contributed by atoms with van der Waals surface area (Å²) in [6.07, 6.45) is 5.85. The summed E-state index contributed by atoms with van der Waals surface area (Å²) >= 11 is 0. The zero-order chi connectivity index (χ0) is 13.5. The van der Waals surface area contributed by atoms with Crippen molar-refractivity contribution in [1.82, 2.24) is 9.78 Å². The number of hydrogen-bond donors (Lipinski definition) is 0. The number of carbonyl (C=O) groups excluding carboxylic acids is 1. The molecule has 4 heteroatoms. The highest BCUT2D eigenvalue weighted by Gasteiger charge is 2.33. The van der Waals surface area contributed by atoms with E-state index in [2.05, 4.69) is 31.8 Å². The SMILES string of the molecule is C#CC1CC(=O)N(c2cc(C)nn2C(C)(C)C)C1. The van der Waals surface area contributed by atoms with Crippen molar-refractivity contribution in [2.75, 3.05) is 11.4 Å². The van der Waals surface area contributed by atoms with E-state index in [9.17, 15) is 4.79 Å². The molecule has 1 aromatic rings. The topological polar surface area (TPSA) is 38.1 Å². The molecule has 1 unspecified atom stereocenters. The Kier molecular flexibility index (Phi) is 2.94. The van der Waals surface area contributed by atoms with Gasteiger partial charge >= 0.3 is 0 Å². The Morgan fingerprint density at radius 2 is 2.17 bits per heavy atom. The Morgan fingerprint density at radius 1 is 1.50 bits per heavy atom. The van der Waals surface area contributed by atoms with Crippen molar-refractivity contribution in [2.45, 2.75) is 39.7 Å². The number of amides is 1. The van der Waals surface area contributed by atoms with Gasteiger partial charge in [0.05, 0.1) is 11.2 Å². The molecule has 1 atom stereocenters. The first kappa shape index (κ1) is 12.7. The summed E-state index contributed by atoms with van der Waals surface area (Å²) < 4.78 is 1.90. The van der Waals surface area contributed by atoms with Crippen molar-refractivity contribution in [2.24, 2.45) is 5.92 Å². The Bertz CT molecular complexity index is 516. The van der Waals surface area contributed by atoms with E-state index < -0.39 is 0 Å². The molecule has 0 bridgehead atoms. The van der Waals surface area contributed by atoms with Crippen molar-refractivity contribution in [3.05, 3.63) is 11.8 Å². The van der Waals surface area contributed by atoms with E-state index in [1.165, 1.54) is 0 Å². The molecule has 1 aliphatic rings. The molecule has 0 radical (unpaired) electrons. The number of anilines is 1. The van der Waals surface area contributed by atoms with E-state index in [-0.39, 0.29) is 17.4 Å². The summed E-state index contributed by atoms with van der Waals surface area (Å²) in [5.74, 6) is 3.62. The molecule has 2 heterocycles. The normalized spacial score (nSPS) is 20.3. The van der Waals surface area contributed by atoms with Gasteiger partial charge in [0.15, 0.2) is 0 Å². The van der Waals surface area contributed by atoms with Crippen LogP contribution in [0.5, 0.6) is 0 Å². The fourth-order valence-corrected chi connectivity index (χ4v) is 2.21. The van der Waals surface area contributed by atoms with Crippen LogP contribution in [-0.2, 0) is 10.3 Å². The third-order valence-electron chi connectivity index (χ3n) is 3.09. The lowest BCUT2D eigenvalue weighted by atomic mass is 10.1. The van der Waals surface area contributed by atoms with Crippen LogP contribution < -0.4 is 4.90 Å². The molecule has 1 aliphatic heterocycles. The van der Waals surface area contributed by atoms with E-state index in [0.29, 0.717) is 13.0 Å². The van der Waals surface area contributed by atoms with Crippen molar-refractivity contribution < 1.29 is 4.79 Å². The summed E-state index contributed by atoms with van der Waals surface area (Å²) in [6.45, 7) is 8.74. The predicted octanol–water partition coefficient (Wildman–Crippen LogP) is 1.93. The van der Waals surface area contributed by atoms with Crippen LogP contribution in [0.1, 0.15) is 32.9 Å². The Balaban J connectivity index is 2.41. The van der Waals surface area contributed by atoms with Crippen LogP contribution in [0.15, 0.2) is 6.07 Å². The minimum absolute atomic E-state index is 0.0149. The van der Waals surface area contributed by atoms with Gasteiger partial charge in [0.25, 0.3) is 0 Å². The van der Waals surface area contributed by atoms with E-state index >= 15 is 0 Å². The molecule has 96 valence electrons. The van der Waals surface area contributed by atoms with Crippen LogP contribution in [0, 0.1) is 25.2 Å². The van der Waals surface area contributed by atoms with Gasteiger partial charge in [-0.15, -0.1) is 12.3 Å². The highest BCUT2D eigenvalue weighted by atomic mass is 16.2. The number of terminal acetylenes is 1. The average molecular weight is 245 g/mol. The van der Waals surface area contributed by atoms with E-state index in [0.717, 1.165) is 11.5 Å². The molecule has 4 nitrogen and oxygen atoms in total. The van der Waals surface area contributed by atoms with Crippen molar-refractivity contribution in [1.29, 1.82) is 0 Å². The van der Waals surface area contributed by atoms with Crippen LogP contribution in [0.4, 0.5) is 5.82 Å². The van der Waals surface area contributed by atoms with Crippen molar-refractivity contribution >= 4 is 11.7 Å². The first-order valence-electron chi connectivity index (χ1n) is 6.16. The monoisotopic (exact) mass is 245 g/mol. The van der Waals surface area contributed by atoms with Crippen LogP contribution in [0.2, 0.25) is 0 Å².